The van der Waals surface area contributed by atoms with E-state index in [-0.39, 0.29) is 17.5 Å². The smallest absolute Gasteiger partial charge is 0.328 e. The zero-order valence-corrected chi connectivity index (χ0v) is 15.0. The van der Waals surface area contributed by atoms with E-state index in [4.69, 9.17) is 4.42 Å². The van der Waals surface area contributed by atoms with Crippen molar-refractivity contribution in [2.24, 2.45) is 4.99 Å². The maximum Gasteiger partial charge on any atom is 0.328 e. The molecule has 7 heteroatoms. The third-order valence-corrected chi connectivity index (χ3v) is 4.71. The number of carbonyl (C=O) groups excluding carboxylic acids is 1. The molecule has 1 aromatic heterocycles. The highest BCUT2D eigenvalue weighted by Crippen LogP contribution is 2.27. The number of hydrogen-bond acceptors (Lipinski definition) is 5. The number of hydrogen-bond donors (Lipinski definition) is 2. The minimum Gasteiger partial charge on any atom is -0.480 e. The fraction of sp³-hybridized carbons (Fsp3) is 0.211. The quantitative estimate of drug-likeness (QED) is 0.763. The Morgan fingerprint density at radius 1 is 1.31 bits per heavy atom. The molecule has 0 spiro atoms. The number of carboxylic acid groups (broad SMARTS) is 1. The van der Waals surface area contributed by atoms with E-state index in [1.807, 2.05) is 43.3 Å². The number of amidine groups is 1. The molecule has 2 aromatic rings. The number of aliphatic imine (C=N–C) groups is 1. The van der Waals surface area contributed by atoms with Gasteiger partial charge in [0, 0.05) is 18.9 Å². The number of furan rings is 1. The van der Waals surface area contributed by atoms with Gasteiger partial charge >= 0.3 is 5.97 Å². The summed E-state index contributed by atoms with van der Waals surface area (Å²) in [6, 6.07) is 12.0. The fourth-order valence-electron chi connectivity index (χ4n) is 2.45. The summed E-state index contributed by atoms with van der Waals surface area (Å²) in [5.41, 5.74) is 0.872. The standard InChI is InChI=1S/C19H18N2O4S/c1-2-13-8-9-14(25-13)11-16-17(22)21-19(26-16)20-15(18(23)24)10-12-6-4-3-5-7-12/h3-9,11,15H,2,10H2,1H3,(H,23,24)(H,20,21,22)/b16-11-. The molecule has 2 N–H and O–H groups in total. The van der Waals surface area contributed by atoms with Crippen LogP contribution in [0.2, 0.25) is 0 Å². The molecule has 3 rings (SSSR count). The molecule has 1 amide bonds. The Kier molecular flexibility index (Phi) is 5.58. The first-order valence-corrected chi connectivity index (χ1v) is 9.01. The van der Waals surface area contributed by atoms with Crippen LogP contribution in [-0.4, -0.2) is 28.2 Å². The van der Waals surface area contributed by atoms with Crippen molar-refractivity contribution in [3.05, 3.63) is 64.5 Å². The Morgan fingerprint density at radius 3 is 2.73 bits per heavy atom. The molecule has 1 aliphatic rings. The molecule has 2 heterocycles. The van der Waals surface area contributed by atoms with Crippen LogP contribution in [0.3, 0.4) is 0 Å². The van der Waals surface area contributed by atoms with Crippen LogP contribution in [0.25, 0.3) is 6.08 Å². The van der Waals surface area contributed by atoms with E-state index >= 15 is 0 Å². The number of rotatable bonds is 6. The van der Waals surface area contributed by atoms with Crippen molar-refractivity contribution in [3.63, 3.8) is 0 Å². The van der Waals surface area contributed by atoms with E-state index < -0.39 is 12.0 Å². The van der Waals surface area contributed by atoms with Gasteiger partial charge < -0.3 is 14.8 Å². The monoisotopic (exact) mass is 370 g/mol. The van der Waals surface area contributed by atoms with E-state index in [0.717, 1.165) is 29.5 Å². The van der Waals surface area contributed by atoms with E-state index in [1.54, 1.807) is 12.1 Å². The van der Waals surface area contributed by atoms with Gasteiger partial charge in [0.1, 0.15) is 11.5 Å². The number of nitrogens with zero attached hydrogens (tertiary/aromatic N) is 1. The Morgan fingerprint density at radius 2 is 2.08 bits per heavy atom. The number of carboxylic acids is 1. The van der Waals surface area contributed by atoms with Crippen LogP contribution in [0.5, 0.6) is 0 Å². The number of amides is 1. The maximum atomic E-state index is 12.1. The van der Waals surface area contributed by atoms with E-state index in [2.05, 4.69) is 10.3 Å². The Hall–Kier alpha value is -2.80. The van der Waals surface area contributed by atoms with Crippen LogP contribution < -0.4 is 5.32 Å². The summed E-state index contributed by atoms with van der Waals surface area (Å²) in [5.74, 6) is 0.0714. The highest BCUT2D eigenvalue weighted by atomic mass is 32.2. The van der Waals surface area contributed by atoms with Crippen molar-refractivity contribution >= 4 is 34.9 Å². The topological polar surface area (TPSA) is 91.9 Å². The molecular formula is C19H18N2O4S. The van der Waals surface area contributed by atoms with Crippen molar-refractivity contribution in [1.29, 1.82) is 0 Å². The summed E-state index contributed by atoms with van der Waals surface area (Å²) in [4.78, 5) is 28.3. The summed E-state index contributed by atoms with van der Waals surface area (Å²) in [6.45, 7) is 1.98. The van der Waals surface area contributed by atoms with Crippen LogP contribution >= 0.6 is 11.8 Å². The lowest BCUT2D eigenvalue weighted by Crippen LogP contribution is -2.26. The molecule has 0 bridgehead atoms. The predicted molar refractivity (Wildman–Crippen MR) is 101 cm³/mol. The molecule has 1 saturated heterocycles. The second-order valence-electron chi connectivity index (χ2n) is 5.70. The minimum absolute atomic E-state index is 0.257. The molecule has 1 aliphatic heterocycles. The first kappa shape index (κ1) is 18.0. The van der Waals surface area contributed by atoms with E-state index in [9.17, 15) is 14.7 Å². The number of nitrogens with one attached hydrogen (secondary N) is 1. The Labute approximate surface area is 155 Å². The van der Waals surface area contributed by atoms with Crippen LogP contribution in [0.1, 0.15) is 24.0 Å². The van der Waals surface area contributed by atoms with Crippen molar-refractivity contribution in [2.75, 3.05) is 0 Å². The third-order valence-electron chi connectivity index (χ3n) is 3.79. The van der Waals surface area contributed by atoms with Gasteiger partial charge in [0.05, 0.1) is 4.91 Å². The highest BCUT2D eigenvalue weighted by molar-refractivity contribution is 8.18. The van der Waals surface area contributed by atoms with Crippen molar-refractivity contribution in [3.8, 4) is 0 Å². The lowest BCUT2D eigenvalue weighted by Gasteiger charge is -2.08. The minimum atomic E-state index is -1.03. The summed E-state index contributed by atoms with van der Waals surface area (Å²) >= 11 is 1.11. The molecule has 0 saturated carbocycles. The van der Waals surface area contributed by atoms with Crippen molar-refractivity contribution < 1.29 is 19.1 Å². The lowest BCUT2D eigenvalue weighted by atomic mass is 10.1. The largest absolute Gasteiger partial charge is 0.480 e. The molecule has 134 valence electrons. The number of thioether (sulfide) groups is 1. The average Bonchev–Trinajstić information content (AvgIpc) is 3.22. The molecule has 1 unspecified atom stereocenters. The molecule has 1 fully saturated rings. The second kappa shape index (κ2) is 8.05. The van der Waals surface area contributed by atoms with Crippen LogP contribution in [-0.2, 0) is 22.4 Å². The summed E-state index contributed by atoms with van der Waals surface area (Å²) in [7, 11) is 0. The van der Waals surface area contributed by atoms with Gasteiger partial charge in [-0.05, 0) is 29.5 Å². The fourth-order valence-corrected chi connectivity index (χ4v) is 3.30. The van der Waals surface area contributed by atoms with Gasteiger partial charge in [0.15, 0.2) is 11.2 Å². The predicted octanol–water partition coefficient (Wildman–Crippen LogP) is 3.10. The maximum absolute atomic E-state index is 12.1. The van der Waals surface area contributed by atoms with Gasteiger partial charge in [0.2, 0.25) is 0 Å². The van der Waals surface area contributed by atoms with Gasteiger partial charge in [-0.2, -0.15) is 0 Å². The molecule has 0 radical (unpaired) electrons. The van der Waals surface area contributed by atoms with Gasteiger partial charge in [-0.25, -0.2) is 9.79 Å². The van der Waals surface area contributed by atoms with Gasteiger partial charge in [-0.1, -0.05) is 37.3 Å². The van der Waals surface area contributed by atoms with E-state index in [0.29, 0.717) is 10.7 Å². The zero-order valence-electron chi connectivity index (χ0n) is 14.1. The van der Waals surface area contributed by atoms with Crippen molar-refractivity contribution in [2.45, 2.75) is 25.8 Å². The Balaban J connectivity index is 1.75. The molecule has 6 nitrogen and oxygen atoms in total. The van der Waals surface area contributed by atoms with Crippen molar-refractivity contribution in [1.82, 2.24) is 5.32 Å². The molecule has 26 heavy (non-hydrogen) atoms. The number of carbonyl (C=O) groups is 2. The molecular weight excluding hydrogens is 352 g/mol. The number of aryl methyl sites for hydroxylation is 1. The number of aliphatic carboxylic acids is 1. The molecule has 0 aliphatic carbocycles. The van der Waals surface area contributed by atoms with Crippen LogP contribution in [0.4, 0.5) is 0 Å². The zero-order chi connectivity index (χ0) is 18.5. The average molecular weight is 370 g/mol. The summed E-state index contributed by atoms with van der Waals surface area (Å²) < 4.78 is 5.57. The third kappa shape index (κ3) is 4.43. The SMILES string of the molecule is CCc1ccc(/C=C2\SC(=NC(Cc3ccccc3)C(=O)O)NC2=O)o1. The van der Waals surface area contributed by atoms with Crippen LogP contribution in [0, 0.1) is 0 Å². The molecule has 1 aromatic carbocycles. The van der Waals surface area contributed by atoms with Gasteiger partial charge in [-0.3, -0.25) is 4.79 Å². The van der Waals surface area contributed by atoms with Gasteiger partial charge in [-0.15, -0.1) is 0 Å². The normalized spacial score (nSPS) is 18.3. The highest BCUT2D eigenvalue weighted by Gasteiger charge is 2.27. The van der Waals surface area contributed by atoms with Gasteiger partial charge in [0.25, 0.3) is 5.91 Å². The molecule has 1 atom stereocenters. The summed E-state index contributed by atoms with van der Waals surface area (Å²) in [5, 5.41) is 12.3. The Bertz CT molecular complexity index is 871. The first-order valence-electron chi connectivity index (χ1n) is 8.19. The summed E-state index contributed by atoms with van der Waals surface area (Å²) in [6.07, 6.45) is 2.66. The lowest BCUT2D eigenvalue weighted by molar-refractivity contribution is -0.138. The van der Waals surface area contributed by atoms with Crippen LogP contribution in [0.15, 0.2) is 56.8 Å². The first-order chi connectivity index (χ1) is 12.5. The second-order valence-corrected chi connectivity index (χ2v) is 6.73. The number of benzene rings is 1. The van der Waals surface area contributed by atoms with E-state index in [1.165, 1.54) is 0 Å².